The molecule has 4 rings (SSSR count). The van der Waals surface area contributed by atoms with Gasteiger partial charge in [0.2, 0.25) is 5.91 Å². The third kappa shape index (κ3) is 5.27. The Morgan fingerprint density at radius 1 is 1.17 bits per heavy atom. The van der Waals surface area contributed by atoms with E-state index >= 15 is 0 Å². The number of nitrogens with one attached hydrogen (secondary N) is 1. The van der Waals surface area contributed by atoms with Crippen LogP contribution < -0.4 is 10.1 Å². The fourth-order valence-electron chi connectivity index (χ4n) is 3.79. The Bertz CT molecular complexity index is 970. The average molecular weight is 405 g/mol. The van der Waals surface area contributed by atoms with E-state index in [9.17, 15) is 4.79 Å². The Balaban J connectivity index is 1.34. The highest BCUT2D eigenvalue weighted by atomic mass is 16.5. The second kappa shape index (κ2) is 9.59. The van der Waals surface area contributed by atoms with Gasteiger partial charge in [-0.2, -0.15) is 5.10 Å². The van der Waals surface area contributed by atoms with Gasteiger partial charge in [0.05, 0.1) is 6.20 Å². The summed E-state index contributed by atoms with van der Waals surface area (Å²) >= 11 is 0. The zero-order chi connectivity index (χ0) is 20.8. The smallest absolute Gasteiger partial charge is 0.221 e. The lowest BCUT2D eigenvalue weighted by atomic mass is 10.1. The van der Waals surface area contributed by atoms with Crippen LogP contribution in [0.15, 0.2) is 67.0 Å². The number of aromatic nitrogens is 2. The molecule has 2 aromatic carbocycles. The van der Waals surface area contributed by atoms with Crippen molar-refractivity contribution in [2.45, 2.75) is 25.5 Å². The number of ether oxygens (including phenoxy) is 1. The molecule has 1 N–H and O–H groups in total. The summed E-state index contributed by atoms with van der Waals surface area (Å²) in [5, 5.41) is 7.18. The Morgan fingerprint density at radius 3 is 2.77 bits per heavy atom. The van der Waals surface area contributed by atoms with Crippen LogP contribution >= 0.6 is 0 Å². The lowest BCUT2D eigenvalue weighted by Crippen LogP contribution is -2.33. The van der Waals surface area contributed by atoms with Gasteiger partial charge in [0, 0.05) is 51.4 Å². The van der Waals surface area contributed by atoms with E-state index in [0.717, 1.165) is 42.0 Å². The van der Waals surface area contributed by atoms with Gasteiger partial charge in [-0.3, -0.25) is 14.4 Å². The van der Waals surface area contributed by atoms with Crippen LogP contribution in [0, 0.1) is 0 Å². The SMILES string of the molecule is Cn1cc(CCNC(=O)CCN2Cc3ccccc3OC(c3ccccc3)C2)cn1. The van der Waals surface area contributed by atoms with Gasteiger partial charge < -0.3 is 10.1 Å². The molecule has 0 bridgehead atoms. The number of carbonyl (C=O) groups excluding carboxylic acids is 1. The first kappa shape index (κ1) is 20.2. The molecule has 6 heteroatoms. The number of hydrogen-bond donors (Lipinski definition) is 1. The normalized spacial score (nSPS) is 16.4. The number of benzene rings is 2. The summed E-state index contributed by atoms with van der Waals surface area (Å²) in [7, 11) is 1.90. The fourth-order valence-corrected chi connectivity index (χ4v) is 3.79. The number of aryl methyl sites for hydroxylation is 1. The molecular formula is C24H28N4O2. The van der Waals surface area contributed by atoms with Crippen LogP contribution in [0.4, 0.5) is 0 Å². The average Bonchev–Trinajstić information content (AvgIpc) is 3.08. The quantitative estimate of drug-likeness (QED) is 0.657. The third-order valence-corrected chi connectivity index (χ3v) is 5.38. The molecule has 0 aliphatic carbocycles. The number of carbonyl (C=O) groups is 1. The van der Waals surface area contributed by atoms with E-state index in [2.05, 4.69) is 33.5 Å². The Morgan fingerprint density at radius 2 is 1.97 bits per heavy atom. The van der Waals surface area contributed by atoms with Crippen molar-refractivity contribution >= 4 is 5.91 Å². The third-order valence-electron chi connectivity index (χ3n) is 5.38. The maximum Gasteiger partial charge on any atom is 0.221 e. The first-order valence-electron chi connectivity index (χ1n) is 10.4. The molecule has 1 aliphatic heterocycles. The minimum atomic E-state index is -0.0523. The molecule has 1 unspecified atom stereocenters. The topological polar surface area (TPSA) is 59.4 Å². The minimum Gasteiger partial charge on any atom is -0.484 e. The van der Waals surface area contributed by atoms with Crippen LogP contribution in [0.2, 0.25) is 0 Å². The molecule has 1 aliphatic rings. The summed E-state index contributed by atoms with van der Waals surface area (Å²) in [5.74, 6) is 1.00. The number of para-hydroxylation sites is 1. The van der Waals surface area contributed by atoms with Crippen LogP contribution in [0.25, 0.3) is 0 Å². The maximum absolute atomic E-state index is 12.4. The predicted octanol–water partition coefficient (Wildman–Crippen LogP) is 3.10. The highest BCUT2D eigenvalue weighted by molar-refractivity contribution is 5.76. The van der Waals surface area contributed by atoms with Crippen LogP contribution in [0.1, 0.15) is 29.2 Å². The number of hydrogen-bond acceptors (Lipinski definition) is 4. The number of nitrogens with zero attached hydrogens (tertiary/aromatic N) is 3. The van der Waals surface area contributed by atoms with Gasteiger partial charge in [-0.25, -0.2) is 0 Å². The molecule has 156 valence electrons. The van der Waals surface area contributed by atoms with Gasteiger partial charge in [0.15, 0.2) is 0 Å². The molecular weight excluding hydrogens is 376 g/mol. The summed E-state index contributed by atoms with van der Waals surface area (Å²) in [6.07, 6.45) is 5.02. The van der Waals surface area contributed by atoms with E-state index in [1.165, 1.54) is 0 Å². The molecule has 1 atom stereocenters. The summed E-state index contributed by atoms with van der Waals surface area (Å²) in [6, 6.07) is 18.5. The monoisotopic (exact) mass is 404 g/mol. The molecule has 2 heterocycles. The van der Waals surface area contributed by atoms with Crippen molar-refractivity contribution in [3.63, 3.8) is 0 Å². The van der Waals surface area contributed by atoms with Gasteiger partial charge in [-0.05, 0) is 23.6 Å². The van der Waals surface area contributed by atoms with Crippen LogP contribution in [-0.4, -0.2) is 40.2 Å². The maximum atomic E-state index is 12.4. The largest absolute Gasteiger partial charge is 0.484 e. The molecule has 0 radical (unpaired) electrons. The van der Waals surface area contributed by atoms with Crippen LogP contribution in [0.5, 0.6) is 5.75 Å². The summed E-state index contributed by atoms with van der Waals surface area (Å²) < 4.78 is 8.12. The van der Waals surface area contributed by atoms with E-state index in [-0.39, 0.29) is 12.0 Å². The Hall–Kier alpha value is -3.12. The van der Waals surface area contributed by atoms with Gasteiger partial charge in [0.1, 0.15) is 11.9 Å². The molecule has 1 amide bonds. The van der Waals surface area contributed by atoms with Crippen molar-refractivity contribution in [2.24, 2.45) is 7.05 Å². The highest BCUT2D eigenvalue weighted by Gasteiger charge is 2.24. The molecule has 0 saturated carbocycles. The zero-order valence-corrected chi connectivity index (χ0v) is 17.3. The lowest BCUT2D eigenvalue weighted by Gasteiger charge is -2.24. The number of fused-ring (bicyclic) bond motifs is 1. The predicted molar refractivity (Wildman–Crippen MR) is 116 cm³/mol. The molecule has 3 aromatic rings. The fraction of sp³-hybridized carbons (Fsp3) is 0.333. The van der Waals surface area contributed by atoms with Crippen molar-refractivity contribution in [3.8, 4) is 5.75 Å². The first-order chi connectivity index (χ1) is 14.7. The number of rotatable bonds is 7. The number of amides is 1. The summed E-state index contributed by atoms with van der Waals surface area (Å²) in [4.78, 5) is 14.7. The van der Waals surface area contributed by atoms with Gasteiger partial charge in [-0.1, -0.05) is 48.5 Å². The molecule has 30 heavy (non-hydrogen) atoms. The second-order valence-electron chi connectivity index (χ2n) is 7.73. The summed E-state index contributed by atoms with van der Waals surface area (Å²) in [6.45, 7) is 2.85. The summed E-state index contributed by atoms with van der Waals surface area (Å²) in [5.41, 5.74) is 3.44. The molecule has 1 aromatic heterocycles. The van der Waals surface area contributed by atoms with E-state index in [1.54, 1.807) is 4.68 Å². The van der Waals surface area contributed by atoms with Crippen LogP contribution in [-0.2, 0) is 24.8 Å². The Kier molecular flexibility index (Phi) is 6.44. The van der Waals surface area contributed by atoms with E-state index in [1.807, 2.05) is 55.8 Å². The van der Waals surface area contributed by atoms with Gasteiger partial charge >= 0.3 is 0 Å². The van der Waals surface area contributed by atoms with Crippen molar-refractivity contribution in [1.82, 2.24) is 20.0 Å². The standard InChI is InChI=1S/C24H28N4O2/c1-27-16-19(15-26-27)11-13-25-24(29)12-14-28-17-21-9-5-6-10-22(21)30-23(18-28)20-7-3-2-4-8-20/h2-10,15-16,23H,11-14,17-18H2,1H3,(H,25,29). The zero-order valence-electron chi connectivity index (χ0n) is 17.3. The second-order valence-corrected chi connectivity index (χ2v) is 7.73. The van der Waals surface area contributed by atoms with Gasteiger partial charge in [-0.15, -0.1) is 0 Å². The van der Waals surface area contributed by atoms with Crippen molar-refractivity contribution in [3.05, 3.63) is 83.7 Å². The lowest BCUT2D eigenvalue weighted by molar-refractivity contribution is -0.121. The van der Waals surface area contributed by atoms with Crippen molar-refractivity contribution < 1.29 is 9.53 Å². The van der Waals surface area contributed by atoms with Crippen molar-refractivity contribution in [1.29, 1.82) is 0 Å². The Labute approximate surface area is 177 Å². The van der Waals surface area contributed by atoms with E-state index < -0.39 is 0 Å². The molecule has 0 saturated heterocycles. The molecule has 6 nitrogen and oxygen atoms in total. The van der Waals surface area contributed by atoms with Crippen LogP contribution in [0.3, 0.4) is 0 Å². The van der Waals surface area contributed by atoms with Gasteiger partial charge in [0.25, 0.3) is 0 Å². The van der Waals surface area contributed by atoms with Crippen molar-refractivity contribution in [2.75, 3.05) is 19.6 Å². The van der Waals surface area contributed by atoms with E-state index in [0.29, 0.717) is 19.5 Å². The molecule has 0 fully saturated rings. The van der Waals surface area contributed by atoms with E-state index in [4.69, 9.17) is 4.74 Å². The first-order valence-corrected chi connectivity index (χ1v) is 10.4. The molecule has 0 spiro atoms. The minimum absolute atomic E-state index is 0.0523. The highest BCUT2D eigenvalue weighted by Crippen LogP contribution is 2.31.